The van der Waals surface area contributed by atoms with Crippen LogP contribution in [0.3, 0.4) is 0 Å². The third-order valence-corrected chi connectivity index (χ3v) is 5.28. The molecule has 0 spiro atoms. The number of allylic oxidation sites excluding steroid dienone is 1. The van der Waals surface area contributed by atoms with E-state index in [0.29, 0.717) is 18.0 Å². The van der Waals surface area contributed by atoms with Crippen LogP contribution in [-0.2, 0) is 13.2 Å². The van der Waals surface area contributed by atoms with Crippen LogP contribution in [0, 0.1) is 4.77 Å². The van der Waals surface area contributed by atoms with E-state index in [0.717, 1.165) is 43.4 Å². The van der Waals surface area contributed by atoms with E-state index >= 15 is 0 Å². The molecule has 0 radical (unpaired) electrons. The van der Waals surface area contributed by atoms with Crippen LogP contribution in [0.2, 0.25) is 0 Å². The lowest BCUT2D eigenvalue weighted by atomic mass is 10.2. The van der Waals surface area contributed by atoms with Crippen molar-refractivity contribution in [1.29, 1.82) is 0 Å². The van der Waals surface area contributed by atoms with Crippen LogP contribution in [0.4, 0.5) is 5.82 Å². The van der Waals surface area contributed by atoms with Crippen molar-refractivity contribution in [3.63, 3.8) is 0 Å². The van der Waals surface area contributed by atoms with Gasteiger partial charge in [-0.05, 0) is 36.5 Å². The Morgan fingerprint density at radius 1 is 1.04 bits per heavy atom. The molecule has 1 fully saturated rings. The van der Waals surface area contributed by atoms with E-state index in [1.165, 1.54) is 0 Å². The molecule has 28 heavy (non-hydrogen) atoms. The molecule has 0 amide bonds. The first-order valence-corrected chi connectivity index (χ1v) is 9.74. The maximum atomic E-state index is 5.70. The van der Waals surface area contributed by atoms with Crippen LogP contribution in [0.1, 0.15) is 0 Å². The average Bonchev–Trinajstić information content (AvgIpc) is 3.06. The molecule has 3 aromatic rings. The lowest BCUT2D eigenvalue weighted by Crippen LogP contribution is -2.47. The number of hydrogen-bond donors (Lipinski definition) is 0. The van der Waals surface area contributed by atoms with Gasteiger partial charge in [-0.3, -0.25) is 14.5 Å². The monoisotopic (exact) mass is 393 g/mol. The molecule has 1 saturated heterocycles. The fraction of sp³-hybridized carbons (Fsp3) is 0.300. The molecular weight excluding hydrogens is 370 g/mol. The first-order valence-electron chi connectivity index (χ1n) is 9.33. The van der Waals surface area contributed by atoms with E-state index in [1.54, 1.807) is 12.4 Å². The van der Waals surface area contributed by atoms with Crippen LogP contribution in [0.5, 0.6) is 0 Å². The standard InChI is InChI=1S/C20H23N7S/c1-2-11-26-19(17-6-9-21-10-7-17)23-27(20(26)28)16-24-12-14-25(15-13-24)18-5-3-4-8-22-18/h2-10H,1,11-16H2. The molecule has 4 rings (SSSR count). The molecule has 4 heterocycles. The van der Waals surface area contributed by atoms with Crippen LogP contribution < -0.4 is 4.90 Å². The van der Waals surface area contributed by atoms with E-state index in [9.17, 15) is 0 Å². The summed E-state index contributed by atoms with van der Waals surface area (Å²) in [6.07, 6.45) is 7.23. The van der Waals surface area contributed by atoms with Crippen LogP contribution >= 0.6 is 12.2 Å². The summed E-state index contributed by atoms with van der Waals surface area (Å²) < 4.78 is 4.63. The van der Waals surface area contributed by atoms with E-state index in [4.69, 9.17) is 17.3 Å². The van der Waals surface area contributed by atoms with Crippen LogP contribution in [0.25, 0.3) is 11.4 Å². The second kappa shape index (κ2) is 8.45. The molecule has 1 aliphatic rings. The molecule has 0 atom stereocenters. The zero-order chi connectivity index (χ0) is 19.3. The fourth-order valence-corrected chi connectivity index (χ4v) is 3.65. The molecule has 144 valence electrons. The van der Waals surface area contributed by atoms with Crippen LogP contribution in [0.15, 0.2) is 61.6 Å². The minimum Gasteiger partial charge on any atom is -0.354 e. The third kappa shape index (κ3) is 3.88. The third-order valence-electron chi connectivity index (χ3n) is 4.85. The Balaban J connectivity index is 1.50. The molecule has 7 nitrogen and oxygen atoms in total. The summed E-state index contributed by atoms with van der Waals surface area (Å²) in [5, 5.41) is 4.80. The molecule has 3 aromatic heterocycles. The largest absolute Gasteiger partial charge is 0.354 e. The van der Waals surface area contributed by atoms with Gasteiger partial charge in [0, 0.05) is 56.9 Å². The number of piperazine rings is 1. The van der Waals surface area contributed by atoms with E-state index in [1.807, 2.05) is 45.8 Å². The summed E-state index contributed by atoms with van der Waals surface area (Å²) in [5.74, 6) is 1.88. The van der Waals surface area contributed by atoms with Gasteiger partial charge in [-0.1, -0.05) is 12.1 Å². The topological polar surface area (TPSA) is 55.0 Å². The highest BCUT2D eigenvalue weighted by molar-refractivity contribution is 7.71. The molecular formula is C20H23N7S. The van der Waals surface area contributed by atoms with Gasteiger partial charge in [0.15, 0.2) is 10.6 Å². The summed E-state index contributed by atoms with van der Waals surface area (Å²) >= 11 is 5.70. The number of pyridine rings is 2. The average molecular weight is 394 g/mol. The molecule has 8 heteroatoms. The summed E-state index contributed by atoms with van der Waals surface area (Å²) in [6.45, 7) is 8.92. The van der Waals surface area contributed by atoms with E-state index in [2.05, 4.69) is 32.4 Å². The Bertz CT molecular complexity index is 973. The highest BCUT2D eigenvalue weighted by atomic mass is 32.1. The minimum absolute atomic E-state index is 0.629. The van der Waals surface area contributed by atoms with Crippen molar-refractivity contribution in [2.45, 2.75) is 13.2 Å². The normalized spacial score (nSPS) is 14.9. The lowest BCUT2D eigenvalue weighted by Gasteiger charge is -2.35. The first kappa shape index (κ1) is 18.5. The van der Waals surface area contributed by atoms with Crippen molar-refractivity contribution in [2.75, 3.05) is 31.1 Å². The molecule has 1 aliphatic heterocycles. The van der Waals surface area contributed by atoms with Crippen molar-refractivity contribution >= 4 is 18.0 Å². The highest BCUT2D eigenvalue weighted by Crippen LogP contribution is 2.18. The molecule has 0 N–H and O–H groups in total. The SMILES string of the molecule is C=CCn1c(-c2ccncc2)nn(CN2CCN(c3ccccn3)CC2)c1=S. The minimum atomic E-state index is 0.629. The van der Waals surface area contributed by atoms with Crippen molar-refractivity contribution in [3.8, 4) is 11.4 Å². The zero-order valence-corrected chi connectivity index (χ0v) is 16.5. The Morgan fingerprint density at radius 2 is 1.82 bits per heavy atom. The van der Waals surface area contributed by atoms with Gasteiger partial charge >= 0.3 is 0 Å². The van der Waals surface area contributed by atoms with Gasteiger partial charge in [-0.2, -0.15) is 5.10 Å². The van der Waals surface area contributed by atoms with Gasteiger partial charge in [0.1, 0.15) is 5.82 Å². The second-order valence-electron chi connectivity index (χ2n) is 6.68. The molecule has 0 aliphatic carbocycles. The zero-order valence-electron chi connectivity index (χ0n) is 15.7. The molecule has 0 aromatic carbocycles. The second-order valence-corrected chi connectivity index (χ2v) is 7.04. The molecule has 0 saturated carbocycles. The maximum absolute atomic E-state index is 5.70. The van der Waals surface area contributed by atoms with Crippen molar-refractivity contribution in [1.82, 2.24) is 29.2 Å². The highest BCUT2D eigenvalue weighted by Gasteiger charge is 2.20. The van der Waals surface area contributed by atoms with Gasteiger partial charge in [0.25, 0.3) is 0 Å². The summed E-state index contributed by atoms with van der Waals surface area (Å²) in [6, 6.07) is 9.94. The molecule has 0 unspecified atom stereocenters. The smallest absolute Gasteiger partial charge is 0.199 e. The Hall–Kier alpha value is -2.84. The predicted octanol–water partition coefficient (Wildman–Crippen LogP) is 2.84. The van der Waals surface area contributed by atoms with Gasteiger partial charge < -0.3 is 4.90 Å². The number of aromatic nitrogens is 5. The Kier molecular flexibility index (Phi) is 5.59. The van der Waals surface area contributed by atoms with Crippen molar-refractivity contribution < 1.29 is 0 Å². The summed E-state index contributed by atoms with van der Waals surface area (Å²) in [7, 11) is 0. The van der Waals surface area contributed by atoms with Crippen LogP contribution in [-0.4, -0.2) is 55.4 Å². The fourth-order valence-electron chi connectivity index (χ4n) is 3.39. The summed E-state index contributed by atoms with van der Waals surface area (Å²) in [5.41, 5.74) is 1.00. The van der Waals surface area contributed by atoms with Gasteiger partial charge in [-0.15, -0.1) is 6.58 Å². The Morgan fingerprint density at radius 3 is 2.50 bits per heavy atom. The first-order chi connectivity index (χ1) is 13.8. The summed E-state index contributed by atoms with van der Waals surface area (Å²) in [4.78, 5) is 13.2. The number of rotatable bonds is 6. The number of hydrogen-bond acceptors (Lipinski definition) is 6. The van der Waals surface area contributed by atoms with Gasteiger partial charge in [0.05, 0.1) is 6.67 Å². The van der Waals surface area contributed by atoms with E-state index in [-0.39, 0.29) is 0 Å². The number of anilines is 1. The quantitative estimate of drug-likeness (QED) is 0.474. The van der Waals surface area contributed by atoms with Gasteiger partial charge in [-0.25, -0.2) is 9.67 Å². The Labute approximate surface area is 169 Å². The van der Waals surface area contributed by atoms with Gasteiger partial charge in [0.2, 0.25) is 0 Å². The maximum Gasteiger partial charge on any atom is 0.199 e. The molecule has 0 bridgehead atoms. The van der Waals surface area contributed by atoms with Crippen molar-refractivity contribution in [2.24, 2.45) is 0 Å². The van der Waals surface area contributed by atoms with E-state index < -0.39 is 0 Å². The lowest BCUT2D eigenvalue weighted by molar-refractivity contribution is 0.194. The number of nitrogens with zero attached hydrogens (tertiary/aromatic N) is 7. The van der Waals surface area contributed by atoms with Crippen molar-refractivity contribution in [3.05, 3.63) is 66.3 Å². The predicted molar refractivity (Wildman–Crippen MR) is 113 cm³/mol.